The van der Waals surface area contributed by atoms with Gasteiger partial charge in [-0.05, 0) is 37.7 Å². The Kier molecular flexibility index (Phi) is 6.01. The lowest BCUT2D eigenvalue weighted by molar-refractivity contribution is 0.324. The smallest absolute Gasteiger partial charge is 0.122 e. The minimum absolute atomic E-state index is 0.960. The summed E-state index contributed by atoms with van der Waals surface area (Å²) in [4.78, 5) is 2.31. The molecule has 0 spiro atoms. The molecular formula is C14H24N2O. The molecule has 1 aromatic rings. The number of likely N-dealkylation sites (N-methyl/N-ethyl adjacent to an activating group) is 2. The minimum Gasteiger partial charge on any atom is -0.496 e. The fraction of sp³-hybridized carbons (Fsp3) is 0.571. The molecule has 0 saturated carbocycles. The lowest BCUT2D eigenvalue weighted by Crippen LogP contribution is -2.28. The van der Waals surface area contributed by atoms with E-state index in [1.165, 1.54) is 11.1 Å². The summed E-state index contributed by atoms with van der Waals surface area (Å²) in [6, 6.07) is 6.41. The molecule has 0 unspecified atom stereocenters. The molecule has 0 aliphatic carbocycles. The topological polar surface area (TPSA) is 24.5 Å². The van der Waals surface area contributed by atoms with Crippen molar-refractivity contribution in [2.45, 2.75) is 20.4 Å². The quantitative estimate of drug-likeness (QED) is 0.733. The third-order valence-electron chi connectivity index (χ3n) is 2.85. The molecule has 1 N–H and O–H groups in total. The monoisotopic (exact) mass is 236 g/mol. The second-order valence-electron chi connectivity index (χ2n) is 4.40. The molecule has 0 bridgehead atoms. The highest BCUT2D eigenvalue weighted by molar-refractivity contribution is 5.36. The summed E-state index contributed by atoms with van der Waals surface area (Å²) < 4.78 is 5.33. The number of nitrogens with one attached hydrogen (secondary N) is 1. The molecule has 0 atom stereocenters. The van der Waals surface area contributed by atoms with Gasteiger partial charge in [-0.3, -0.25) is 0 Å². The Labute approximate surface area is 105 Å². The van der Waals surface area contributed by atoms with E-state index in [9.17, 15) is 0 Å². The van der Waals surface area contributed by atoms with Crippen molar-refractivity contribution in [1.82, 2.24) is 10.2 Å². The van der Waals surface area contributed by atoms with Gasteiger partial charge in [-0.15, -0.1) is 0 Å². The number of ether oxygens (including phenoxy) is 1. The second-order valence-corrected chi connectivity index (χ2v) is 4.40. The SMILES string of the molecule is CCNCCN(C)Cc1ccc(C)c(OC)c1. The maximum Gasteiger partial charge on any atom is 0.122 e. The summed E-state index contributed by atoms with van der Waals surface area (Å²) in [5.41, 5.74) is 2.48. The molecule has 1 aromatic carbocycles. The summed E-state index contributed by atoms with van der Waals surface area (Å²) in [5.74, 6) is 0.975. The third-order valence-corrected chi connectivity index (χ3v) is 2.85. The van der Waals surface area contributed by atoms with E-state index in [4.69, 9.17) is 4.74 Å². The third kappa shape index (κ3) is 4.75. The van der Waals surface area contributed by atoms with Crippen molar-refractivity contribution in [1.29, 1.82) is 0 Å². The van der Waals surface area contributed by atoms with Gasteiger partial charge in [-0.25, -0.2) is 0 Å². The van der Waals surface area contributed by atoms with Crippen molar-refractivity contribution in [2.24, 2.45) is 0 Å². The average molecular weight is 236 g/mol. The normalized spacial score (nSPS) is 10.9. The van der Waals surface area contributed by atoms with E-state index in [0.29, 0.717) is 0 Å². The van der Waals surface area contributed by atoms with Crippen molar-refractivity contribution in [3.8, 4) is 5.75 Å². The first-order valence-electron chi connectivity index (χ1n) is 6.20. The van der Waals surface area contributed by atoms with E-state index in [2.05, 4.69) is 49.3 Å². The van der Waals surface area contributed by atoms with Crippen LogP contribution in [-0.2, 0) is 6.54 Å². The molecule has 96 valence electrons. The Morgan fingerprint density at radius 3 is 2.76 bits per heavy atom. The van der Waals surface area contributed by atoms with Crippen LogP contribution in [0, 0.1) is 6.92 Å². The van der Waals surface area contributed by atoms with Gasteiger partial charge in [0.25, 0.3) is 0 Å². The van der Waals surface area contributed by atoms with E-state index in [1.807, 2.05) is 0 Å². The highest BCUT2D eigenvalue weighted by Crippen LogP contribution is 2.19. The number of hydrogen-bond acceptors (Lipinski definition) is 3. The van der Waals surface area contributed by atoms with Crippen LogP contribution in [0.15, 0.2) is 18.2 Å². The summed E-state index contributed by atoms with van der Waals surface area (Å²) >= 11 is 0. The Hall–Kier alpha value is -1.06. The molecule has 0 heterocycles. The number of nitrogens with zero attached hydrogens (tertiary/aromatic N) is 1. The van der Waals surface area contributed by atoms with Crippen LogP contribution in [0.1, 0.15) is 18.1 Å². The van der Waals surface area contributed by atoms with Crippen LogP contribution >= 0.6 is 0 Å². The Morgan fingerprint density at radius 2 is 2.12 bits per heavy atom. The Morgan fingerprint density at radius 1 is 1.35 bits per heavy atom. The van der Waals surface area contributed by atoms with Gasteiger partial charge in [-0.1, -0.05) is 19.1 Å². The largest absolute Gasteiger partial charge is 0.496 e. The van der Waals surface area contributed by atoms with Crippen molar-refractivity contribution >= 4 is 0 Å². The van der Waals surface area contributed by atoms with Gasteiger partial charge in [-0.2, -0.15) is 0 Å². The molecule has 3 heteroatoms. The van der Waals surface area contributed by atoms with Gasteiger partial charge in [0.15, 0.2) is 0 Å². The zero-order valence-electron chi connectivity index (χ0n) is 11.4. The summed E-state index contributed by atoms with van der Waals surface area (Å²) in [6.07, 6.45) is 0. The van der Waals surface area contributed by atoms with Crippen molar-refractivity contribution in [3.05, 3.63) is 29.3 Å². The van der Waals surface area contributed by atoms with Crippen LogP contribution in [0.4, 0.5) is 0 Å². The number of hydrogen-bond donors (Lipinski definition) is 1. The molecule has 0 aliphatic heterocycles. The molecule has 17 heavy (non-hydrogen) atoms. The molecule has 0 fully saturated rings. The molecular weight excluding hydrogens is 212 g/mol. The van der Waals surface area contributed by atoms with Crippen LogP contribution in [0.2, 0.25) is 0 Å². The molecule has 1 rings (SSSR count). The molecule has 0 saturated heterocycles. The highest BCUT2D eigenvalue weighted by atomic mass is 16.5. The van der Waals surface area contributed by atoms with Crippen LogP contribution in [0.25, 0.3) is 0 Å². The minimum atomic E-state index is 0.960. The summed E-state index contributed by atoms with van der Waals surface area (Å²) in [6.45, 7) is 8.29. The van der Waals surface area contributed by atoms with Gasteiger partial charge in [0.1, 0.15) is 5.75 Å². The summed E-state index contributed by atoms with van der Waals surface area (Å²) in [7, 11) is 3.87. The van der Waals surface area contributed by atoms with Crippen molar-refractivity contribution in [3.63, 3.8) is 0 Å². The molecule has 0 radical (unpaired) electrons. The fourth-order valence-electron chi connectivity index (χ4n) is 1.80. The maximum atomic E-state index is 5.33. The number of rotatable bonds is 7. The van der Waals surface area contributed by atoms with Gasteiger partial charge in [0.05, 0.1) is 7.11 Å². The van der Waals surface area contributed by atoms with Gasteiger partial charge >= 0.3 is 0 Å². The predicted octanol–water partition coefficient (Wildman–Crippen LogP) is 2.04. The van der Waals surface area contributed by atoms with Crippen LogP contribution < -0.4 is 10.1 Å². The maximum absolute atomic E-state index is 5.33. The zero-order valence-corrected chi connectivity index (χ0v) is 11.4. The first-order chi connectivity index (χ1) is 8.17. The van der Waals surface area contributed by atoms with Crippen LogP contribution in [0.3, 0.4) is 0 Å². The van der Waals surface area contributed by atoms with Crippen LogP contribution in [-0.4, -0.2) is 38.7 Å². The fourth-order valence-corrected chi connectivity index (χ4v) is 1.80. The van der Waals surface area contributed by atoms with E-state index < -0.39 is 0 Å². The van der Waals surface area contributed by atoms with Gasteiger partial charge in [0.2, 0.25) is 0 Å². The van der Waals surface area contributed by atoms with Crippen molar-refractivity contribution in [2.75, 3.05) is 33.8 Å². The van der Waals surface area contributed by atoms with Crippen molar-refractivity contribution < 1.29 is 4.74 Å². The molecule has 0 amide bonds. The Bertz CT molecular complexity index is 339. The molecule has 0 aliphatic rings. The van der Waals surface area contributed by atoms with E-state index in [1.54, 1.807) is 7.11 Å². The number of methoxy groups -OCH3 is 1. The highest BCUT2D eigenvalue weighted by Gasteiger charge is 2.03. The van der Waals surface area contributed by atoms with E-state index >= 15 is 0 Å². The molecule has 3 nitrogen and oxygen atoms in total. The Balaban J connectivity index is 2.50. The standard InChI is InChI=1S/C14H24N2O/c1-5-15-8-9-16(3)11-13-7-6-12(2)14(10-13)17-4/h6-7,10,15H,5,8-9,11H2,1-4H3. The second kappa shape index (κ2) is 7.30. The first kappa shape index (κ1) is 14.0. The van der Waals surface area contributed by atoms with Gasteiger partial charge < -0.3 is 15.0 Å². The van der Waals surface area contributed by atoms with E-state index in [0.717, 1.165) is 31.9 Å². The zero-order chi connectivity index (χ0) is 12.7. The number of benzene rings is 1. The first-order valence-corrected chi connectivity index (χ1v) is 6.20. The lowest BCUT2D eigenvalue weighted by Gasteiger charge is -2.17. The summed E-state index contributed by atoms with van der Waals surface area (Å²) in [5, 5.41) is 3.33. The van der Waals surface area contributed by atoms with Gasteiger partial charge in [0, 0.05) is 19.6 Å². The molecule has 0 aromatic heterocycles. The average Bonchev–Trinajstić information content (AvgIpc) is 2.32. The number of aryl methyl sites for hydroxylation is 1. The lowest BCUT2D eigenvalue weighted by atomic mass is 10.1. The van der Waals surface area contributed by atoms with E-state index in [-0.39, 0.29) is 0 Å². The van der Waals surface area contributed by atoms with Crippen LogP contribution in [0.5, 0.6) is 5.75 Å². The predicted molar refractivity (Wildman–Crippen MR) is 72.6 cm³/mol.